The summed E-state index contributed by atoms with van der Waals surface area (Å²) in [6.07, 6.45) is 0. The molecule has 1 aliphatic heterocycles. The third kappa shape index (κ3) is 2.72. The summed E-state index contributed by atoms with van der Waals surface area (Å²) in [5.74, 6) is 1.61. The van der Waals surface area contributed by atoms with Gasteiger partial charge in [0, 0.05) is 11.0 Å². The van der Waals surface area contributed by atoms with Crippen LogP contribution in [0, 0.1) is 5.41 Å². The number of hydrogen-bond acceptors (Lipinski definition) is 3. The monoisotopic (exact) mass is 235 g/mol. The van der Waals surface area contributed by atoms with Gasteiger partial charge in [-0.25, -0.2) is 0 Å². The smallest absolute Gasteiger partial charge is 0.161 e. The van der Waals surface area contributed by atoms with Crippen molar-refractivity contribution in [3.05, 3.63) is 23.8 Å². The van der Waals surface area contributed by atoms with Gasteiger partial charge in [-0.1, -0.05) is 19.9 Å². The highest BCUT2D eigenvalue weighted by atomic mass is 16.5. The average Bonchev–Trinajstić information content (AvgIpc) is 2.36. The lowest BCUT2D eigenvalue weighted by Gasteiger charge is -2.20. The van der Waals surface area contributed by atoms with Gasteiger partial charge in [0.25, 0.3) is 0 Å². The Hall–Kier alpha value is -1.22. The summed E-state index contributed by atoms with van der Waals surface area (Å²) in [5, 5.41) is 0. The van der Waals surface area contributed by atoms with Crippen molar-refractivity contribution in [1.29, 1.82) is 0 Å². The van der Waals surface area contributed by atoms with E-state index in [4.69, 9.17) is 15.2 Å². The number of rotatable bonds is 1. The van der Waals surface area contributed by atoms with Crippen molar-refractivity contribution in [3.63, 3.8) is 0 Å². The first kappa shape index (κ1) is 12.2. The summed E-state index contributed by atoms with van der Waals surface area (Å²) in [6, 6.07) is 5.93. The van der Waals surface area contributed by atoms with Crippen LogP contribution in [0.25, 0.3) is 0 Å². The number of benzene rings is 1. The number of hydrogen-bond donors (Lipinski definition) is 1. The first-order chi connectivity index (χ1) is 7.78. The van der Waals surface area contributed by atoms with Crippen molar-refractivity contribution in [3.8, 4) is 11.5 Å². The number of ether oxygens (including phenoxy) is 2. The molecule has 2 N–H and O–H groups in total. The van der Waals surface area contributed by atoms with Gasteiger partial charge < -0.3 is 15.2 Å². The molecule has 0 unspecified atom stereocenters. The van der Waals surface area contributed by atoms with Crippen LogP contribution in [0.1, 0.15) is 33.3 Å². The van der Waals surface area contributed by atoms with Crippen molar-refractivity contribution in [1.82, 2.24) is 0 Å². The largest absolute Gasteiger partial charge is 0.489 e. The van der Waals surface area contributed by atoms with E-state index in [9.17, 15) is 0 Å². The van der Waals surface area contributed by atoms with E-state index in [1.165, 1.54) is 0 Å². The van der Waals surface area contributed by atoms with Gasteiger partial charge in [-0.05, 0) is 31.5 Å². The first-order valence-corrected chi connectivity index (χ1v) is 5.97. The highest BCUT2D eigenvalue weighted by molar-refractivity contribution is 5.45. The lowest BCUT2D eigenvalue weighted by molar-refractivity contribution is 0.140. The van der Waals surface area contributed by atoms with Crippen LogP contribution in [0.4, 0.5) is 0 Å². The summed E-state index contributed by atoms with van der Waals surface area (Å²) in [5.41, 5.74) is 6.82. The molecule has 0 atom stereocenters. The molecule has 0 fully saturated rings. The van der Waals surface area contributed by atoms with Gasteiger partial charge in [0.05, 0.1) is 13.2 Å². The summed E-state index contributed by atoms with van der Waals surface area (Å²) >= 11 is 0. The molecule has 94 valence electrons. The van der Waals surface area contributed by atoms with E-state index in [-0.39, 0.29) is 11.0 Å². The van der Waals surface area contributed by atoms with Crippen LogP contribution in [-0.4, -0.2) is 13.2 Å². The van der Waals surface area contributed by atoms with Crippen LogP contribution >= 0.6 is 0 Å². The van der Waals surface area contributed by atoms with E-state index >= 15 is 0 Å². The standard InChI is InChI=1S/C14H21NO2/c1-13(2)8-16-11-6-5-10(14(3,4)15)7-12(11)17-9-13/h5-7H,8-9,15H2,1-4H3. The van der Waals surface area contributed by atoms with Crippen LogP contribution in [-0.2, 0) is 5.54 Å². The van der Waals surface area contributed by atoms with Crippen molar-refractivity contribution < 1.29 is 9.47 Å². The van der Waals surface area contributed by atoms with Gasteiger partial charge in [0.1, 0.15) is 0 Å². The maximum atomic E-state index is 6.09. The van der Waals surface area contributed by atoms with Crippen LogP contribution < -0.4 is 15.2 Å². The average molecular weight is 235 g/mol. The van der Waals surface area contributed by atoms with E-state index in [0.29, 0.717) is 13.2 Å². The molecule has 3 nitrogen and oxygen atoms in total. The van der Waals surface area contributed by atoms with Gasteiger partial charge in [0.2, 0.25) is 0 Å². The fraction of sp³-hybridized carbons (Fsp3) is 0.571. The molecule has 1 aromatic carbocycles. The molecule has 0 saturated heterocycles. The highest BCUT2D eigenvalue weighted by Crippen LogP contribution is 2.36. The highest BCUT2D eigenvalue weighted by Gasteiger charge is 2.26. The Bertz CT molecular complexity index is 419. The summed E-state index contributed by atoms with van der Waals surface area (Å²) < 4.78 is 11.6. The molecule has 2 rings (SSSR count). The molecule has 0 bridgehead atoms. The maximum absolute atomic E-state index is 6.09. The maximum Gasteiger partial charge on any atom is 0.161 e. The van der Waals surface area contributed by atoms with Gasteiger partial charge >= 0.3 is 0 Å². The van der Waals surface area contributed by atoms with Gasteiger partial charge in [-0.15, -0.1) is 0 Å². The van der Waals surface area contributed by atoms with Crippen molar-refractivity contribution >= 4 is 0 Å². The molecule has 1 aromatic rings. The van der Waals surface area contributed by atoms with Crippen LogP contribution in [0.5, 0.6) is 11.5 Å². The van der Waals surface area contributed by atoms with E-state index in [1.54, 1.807) is 0 Å². The van der Waals surface area contributed by atoms with E-state index in [1.807, 2.05) is 32.0 Å². The van der Waals surface area contributed by atoms with Gasteiger partial charge in [0.15, 0.2) is 11.5 Å². The Kier molecular flexibility index (Phi) is 2.82. The molecule has 0 saturated carbocycles. The normalized spacial score (nSPS) is 18.6. The quantitative estimate of drug-likeness (QED) is 0.814. The SMILES string of the molecule is CC1(C)COc2ccc(C(C)(C)N)cc2OC1. The lowest BCUT2D eigenvalue weighted by atomic mass is 9.95. The minimum absolute atomic E-state index is 0.0391. The Morgan fingerprint density at radius 1 is 1.12 bits per heavy atom. The Morgan fingerprint density at radius 2 is 1.71 bits per heavy atom. The second-order valence-corrected chi connectivity index (χ2v) is 6.12. The van der Waals surface area contributed by atoms with Crippen LogP contribution in [0.15, 0.2) is 18.2 Å². The topological polar surface area (TPSA) is 44.5 Å². The molecule has 1 aliphatic rings. The fourth-order valence-electron chi connectivity index (χ4n) is 1.73. The van der Waals surface area contributed by atoms with E-state index < -0.39 is 0 Å². The predicted molar refractivity (Wildman–Crippen MR) is 68.4 cm³/mol. The van der Waals surface area contributed by atoms with E-state index in [2.05, 4.69) is 13.8 Å². The van der Waals surface area contributed by atoms with Gasteiger partial charge in [-0.2, -0.15) is 0 Å². The van der Waals surface area contributed by atoms with Crippen molar-refractivity contribution in [2.75, 3.05) is 13.2 Å². The molecule has 0 radical (unpaired) electrons. The molecular formula is C14H21NO2. The third-order valence-electron chi connectivity index (χ3n) is 2.92. The number of nitrogens with two attached hydrogens (primary N) is 1. The first-order valence-electron chi connectivity index (χ1n) is 5.97. The zero-order valence-electron chi connectivity index (χ0n) is 11.0. The predicted octanol–water partition coefficient (Wildman–Crippen LogP) is 2.68. The Labute approximate surface area is 103 Å². The third-order valence-corrected chi connectivity index (χ3v) is 2.92. The minimum Gasteiger partial charge on any atom is -0.489 e. The van der Waals surface area contributed by atoms with Crippen LogP contribution in [0.2, 0.25) is 0 Å². The Morgan fingerprint density at radius 3 is 2.29 bits per heavy atom. The minimum atomic E-state index is -0.361. The summed E-state index contributed by atoms with van der Waals surface area (Å²) in [7, 11) is 0. The lowest BCUT2D eigenvalue weighted by Crippen LogP contribution is -2.28. The molecule has 0 aliphatic carbocycles. The zero-order chi connectivity index (χ0) is 12.7. The van der Waals surface area contributed by atoms with E-state index in [0.717, 1.165) is 17.1 Å². The van der Waals surface area contributed by atoms with Gasteiger partial charge in [-0.3, -0.25) is 0 Å². The Balaban J connectivity index is 2.32. The second-order valence-electron chi connectivity index (χ2n) is 6.12. The molecule has 3 heteroatoms. The molecule has 1 heterocycles. The molecule has 0 amide bonds. The zero-order valence-corrected chi connectivity index (χ0v) is 11.0. The fourth-order valence-corrected chi connectivity index (χ4v) is 1.73. The van der Waals surface area contributed by atoms with Crippen molar-refractivity contribution in [2.24, 2.45) is 11.1 Å². The molecular weight excluding hydrogens is 214 g/mol. The number of fused-ring (bicyclic) bond motifs is 1. The summed E-state index contributed by atoms with van der Waals surface area (Å²) in [4.78, 5) is 0. The summed E-state index contributed by atoms with van der Waals surface area (Å²) in [6.45, 7) is 9.56. The molecule has 17 heavy (non-hydrogen) atoms. The molecule has 0 spiro atoms. The second kappa shape index (κ2) is 3.91. The van der Waals surface area contributed by atoms with Crippen LogP contribution in [0.3, 0.4) is 0 Å². The molecule has 0 aromatic heterocycles. The van der Waals surface area contributed by atoms with Crippen molar-refractivity contribution in [2.45, 2.75) is 33.2 Å².